The molecule has 0 amide bonds. The molecule has 1 aliphatic rings. The number of hydrogen-bond acceptors (Lipinski definition) is 3. The Balaban J connectivity index is 3.42. The molecule has 0 saturated heterocycles. The van der Waals surface area contributed by atoms with Crippen molar-refractivity contribution in [1.82, 2.24) is 0 Å². The van der Waals surface area contributed by atoms with Gasteiger partial charge in [0.2, 0.25) is 0 Å². The van der Waals surface area contributed by atoms with Crippen LogP contribution >= 0.6 is 0 Å². The van der Waals surface area contributed by atoms with Crippen molar-refractivity contribution in [3.63, 3.8) is 0 Å². The number of ether oxygens (including phenoxy) is 1. The highest BCUT2D eigenvalue weighted by atomic mass is 19.4. The van der Waals surface area contributed by atoms with E-state index < -0.39 is 34.1 Å². The van der Waals surface area contributed by atoms with E-state index in [9.17, 15) is 32.1 Å². The lowest BCUT2D eigenvalue weighted by atomic mass is 9.98. The highest BCUT2D eigenvalue weighted by molar-refractivity contribution is 5.49. The van der Waals surface area contributed by atoms with Crippen molar-refractivity contribution in [2.75, 3.05) is 14.1 Å². The largest absolute Gasteiger partial charge is 0.399 e. The third kappa shape index (κ3) is 4.30. The second-order valence-corrected chi connectivity index (χ2v) is 4.38. The molecule has 0 aromatic heterocycles. The molecule has 0 bridgehead atoms. The van der Waals surface area contributed by atoms with E-state index in [0.29, 0.717) is 18.9 Å². The molecule has 0 aromatic carbocycles. The Morgan fingerprint density at radius 2 is 1.91 bits per heavy atom. The molecular formula is C12H11F5N2O3. The Hall–Kier alpha value is -2.39. The molecule has 10 heteroatoms. The number of nitrogens with zero attached hydrogens (tertiary/aromatic N) is 2. The maximum absolute atomic E-state index is 13.8. The van der Waals surface area contributed by atoms with Crippen LogP contribution in [0.3, 0.4) is 0 Å². The third-order valence-electron chi connectivity index (χ3n) is 2.33. The van der Waals surface area contributed by atoms with Crippen molar-refractivity contribution in [3.05, 3.63) is 51.6 Å². The molecule has 0 N–H and O–H groups in total. The quantitative estimate of drug-likeness (QED) is 0.152. The van der Waals surface area contributed by atoms with Gasteiger partial charge < -0.3 is 4.74 Å². The smallest absolute Gasteiger partial charge is 0.388 e. The predicted molar refractivity (Wildman–Crippen MR) is 65.8 cm³/mol. The summed E-state index contributed by atoms with van der Waals surface area (Å²) >= 11 is 0. The van der Waals surface area contributed by atoms with Gasteiger partial charge in [-0.15, -0.1) is 18.1 Å². The molecule has 0 atom stereocenters. The van der Waals surface area contributed by atoms with E-state index in [1.54, 1.807) is 0 Å². The fourth-order valence-corrected chi connectivity index (χ4v) is 1.50. The first-order chi connectivity index (χ1) is 9.95. The van der Waals surface area contributed by atoms with Crippen LogP contribution in [0, 0.1) is 16.5 Å². The Kier molecular flexibility index (Phi) is 4.94. The molecule has 0 saturated carbocycles. The monoisotopic (exact) mass is 326 g/mol. The molecule has 0 unspecified atom stereocenters. The molecule has 1 aliphatic carbocycles. The second kappa shape index (κ2) is 6.16. The van der Waals surface area contributed by atoms with Gasteiger partial charge in [0, 0.05) is 4.92 Å². The van der Waals surface area contributed by atoms with Crippen LogP contribution in [0.4, 0.5) is 22.0 Å². The van der Waals surface area contributed by atoms with E-state index >= 15 is 0 Å². The van der Waals surface area contributed by atoms with E-state index in [1.165, 1.54) is 14.1 Å². The first-order valence-corrected chi connectivity index (χ1v) is 5.70. The zero-order valence-corrected chi connectivity index (χ0v) is 11.4. The molecular weight excluding hydrogens is 315 g/mol. The lowest BCUT2D eigenvalue weighted by molar-refractivity contribution is -0.472. The van der Waals surface area contributed by atoms with Crippen LogP contribution in [-0.2, 0) is 4.74 Å². The van der Waals surface area contributed by atoms with Gasteiger partial charge in [-0.05, 0) is 0 Å². The van der Waals surface area contributed by atoms with Gasteiger partial charge in [-0.25, -0.2) is 4.58 Å². The maximum Gasteiger partial charge on any atom is 0.399 e. The molecule has 0 heterocycles. The van der Waals surface area contributed by atoms with Crippen molar-refractivity contribution < 1.29 is 36.2 Å². The first kappa shape index (κ1) is 17.7. The molecule has 0 aromatic rings. The van der Waals surface area contributed by atoms with Crippen molar-refractivity contribution in [1.29, 1.82) is 0 Å². The zero-order chi connectivity index (χ0) is 17.1. The second-order valence-electron chi connectivity index (χ2n) is 4.38. The van der Waals surface area contributed by atoms with Gasteiger partial charge in [0.25, 0.3) is 0 Å². The Labute approximate surface area is 121 Å². The lowest BCUT2D eigenvalue weighted by Gasteiger charge is -2.27. The number of nitro groups is 1. The normalized spacial score (nSPS) is 17.3. The molecule has 0 aliphatic heterocycles. The van der Waals surface area contributed by atoms with E-state index in [0.717, 1.165) is 16.7 Å². The number of halogens is 5. The molecule has 0 spiro atoms. The summed E-state index contributed by atoms with van der Waals surface area (Å²) in [5.41, 5.74) is -4.10. The molecule has 5 nitrogen and oxygen atoms in total. The standard InChI is InChI=1S/C12H11F5N2O3/c1-18(2)7-22-12(16,17)10(11(13,14)15)8-4-3-5-9(6-8)19(20)21/h3-7H,1-2H3/b10-8+. The van der Waals surface area contributed by atoms with Crippen LogP contribution in [0.15, 0.2) is 35.1 Å². The third-order valence-corrected chi connectivity index (χ3v) is 2.33. The minimum Gasteiger partial charge on any atom is -0.388 e. The molecule has 1 rings (SSSR count). The number of allylic oxidation sites excluding steroid dienone is 4. The van der Waals surface area contributed by atoms with Crippen LogP contribution in [0.2, 0.25) is 0 Å². The van der Waals surface area contributed by atoms with Crippen molar-refractivity contribution in [2.45, 2.75) is 12.3 Å². The van der Waals surface area contributed by atoms with Crippen molar-refractivity contribution in [2.24, 2.45) is 0 Å². The van der Waals surface area contributed by atoms with Crippen LogP contribution < -0.4 is 0 Å². The summed E-state index contributed by atoms with van der Waals surface area (Å²) in [7, 11) is 2.55. The van der Waals surface area contributed by atoms with E-state index in [2.05, 4.69) is 4.74 Å². The fraction of sp³-hybridized carbons (Fsp3) is 0.333. The van der Waals surface area contributed by atoms with Crippen molar-refractivity contribution >= 4 is 6.40 Å². The average Bonchev–Trinajstić information content (AvgIpc) is 2.35. The number of hydrogen-bond donors (Lipinski definition) is 0. The summed E-state index contributed by atoms with van der Waals surface area (Å²) in [4.78, 5) is 9.59. The summed E-state index contributed by atoms with van der Waals surface area (Å²) in [6.45, 7) is 0. The Bertz CT molecular complexity index is 584. The summed E-state index contributed by atoms with van der Waals surface area (Å²) in [5, 5.41) is 10.6. The zero-order valence-electron chi connectivity index (χ0n) is 11.4. The first-order valence-electron chi connectivity index (χ1n) is 5.70. The maximum atomic E-state index is 13.8. The summed E-state index contributed by atoms with van der Waals surface area (Å²) < 4.78 is 71.3. The molecule has 22 heavy (non-hydrogen) atoms. The minimum absolute atomic E-state index is 0.406. The summed E-state index contributed by atoms with van der Waals surface area (Å²) in [6, 6.07) is 0. The highest BCUT2D eigenvalue weighted by Gasteiger charge is 2.50. The van der Waals surface area contributed by atoms with Gasteiger partial charge in [0.05, 0.1) is 5.57 Å². The van der Waals surface area contributed by atoms with E-state index in [-0.39, 0.29) is 0 Å². The molecule has 122 valence electrons. The molecule has 0 radical (unpaired) electrons. The number of alkyl halides is 5. The van der Waals surface area contributed by atoms with E-state index in [4.69, 9.17) is 0 Å². The van der Waals surface area contributed by atoms with Gasteiger partial charge >= 0.3 is 18.7 Å². The Morgan fingerprint density at radius 1 is 1.32 bits per heavy atom. The van der Waals surface area contributed by atoms with Crippen LogP contribution in [0.25, 0.3) is 0 Å². The lowest BCUT2D eigenvalue weighted by Crippen LogP contribution is -2.35. The predicted octanol–water partition coefficient (Wildman–Crippen LogP) is 2.69. The van der Waals surface area contributed by atoms with Crippen LogP contribution in [0.1, 0.15) is 0 Å². The van der Waals surface area contributed by atoms with Crippen LogP contribution in [-0.4, -0.2) is 42.3 Å². The summed E-state index contributed by atoms with van der Waals surface area (Å²) in [5.74, 6) is 0. The average molecular weight is 326 g/mol. The van der Waals surface area contributed by atoms with Gasteiger partial charge in [-0.3, -0.25) is 10.1 Å². The molecule has 0 fully saturated rings. The van der Waals surface area contributed by atoms with Gasteiger partial charge in [-0.1, -0.05) is 12.2 Å². The van der Waals surface area contributed by atoms with Gasteiger partial charge in [0.15, 0.2) is 5.70 Å². The minimum atomic E-state index is -5.45. The number of rotatable bonds is 4. The van der Waals surface area contributed by atoms with Gasteiger partial charge in [-0.2, -0.15) is 22.0 Å². The van der Waals surface area contributed by atoms with E-state index in [1.807, 2.05) is 0 Å². The van der Waals surface area contributed by atoms with Gasteiger partial charge in [0.1, 0.15) is 14.1 Å². The van der Waals surface area contributed by atoms with Crippen molar-refractivity contribution in [3.8, 4) is 0 Å². The summed E-state index contributed by atoms with van der Waals surface area (Å²) in [6.07, 6.45) is -6.87. The fourth-order valence-electron chi connectivity index (χ4n) is 1.50. The highest BCUT2D eigenvalue weighted by Crippen LogP contribution is 2.42. The van der Waals surface area contributed by atoms with Crippen LogP contribution in [0.5, 0.6) is 0 Å². The topological polar surface area (TPSA) is 55.4 Å². The Morgan fingerprint density at radius 3 is 2.36 bits per heavy atom. The SMILES string of the molecule is C[N+](C)=COC(F)(F)/C(=C1/C=C([N+](=O)[O-])C=C[CH-]1)C(F)(F)F.